The molecule has 1 heterocycles. The van der Waals surface area contributed by atoms with Crippen LogP contribution in [-0.2, 0) is 30.5 Å². The van der Waals surface area contributed by atoms with Crippen LogP contribution in [0.4, 0.5) is 0 Å². The quantitative estimate of drug-likeness (QED) is 0.556. The van der Waals surface area contributed by atoms with Crippen molar-refractivity contribution in [3.63, 3.8) is 0 Å². The summed E-state index contributed by atoms with van der Waals surface area (Å²) in [4.78, 5) is 49.5. The molecule has 0 spiro atoms. The fraction of sp³-hybridized carbons (Fsp3) is 0.474. The van der Waals surface area contributed by atoms with E-state index in [1.165, 1.54) is 0 Å². The van der Waals surface area contributed by atoms with Crippen LogP contribution in [0, 0.1) is 11.8 Å². The number of imide groups is 1. The van der Waals surface area contributed by atoms with Gasteiger partial charge in [-0.3, -0.25) is 24.1 Å². The van der Waals surface area contributed by atoms with Crippen LogP contribution >= 0.6 is 23.2 Å². The summed E-state index contributed by atoms with van der Waals surface area (Å²) >= 11 is 11.8. The molecule has 0 unspecified atom stereocenters. The third-order valence-corrected chi connectivity index (χ3v) is 5.66. The highest BCUT2D eigenvalue weighted by atomic mass is 35.5. The molecule has 1 N–H and O–H groups in total. The fourth-order valence-electron chi connectivity index (χ4n) is 3.62. The van der Waals surface area contributed by atoms with E-state index in [1.54, 1.807) is 18.2 Å². The standard InChI is InChI=1S/C19H20Cl2N2O5/c20-12-6-5-11(15(21)7-12)8-22-16(24)10-28-17(25)9-23-18(26)13-3-1-2-4-14(13)19(23)27/h5-7,13-14H,1-4,8-10H2,(H,22,24)/t13-,14-/m0/s1. The molecule has 0 aromatic heterocycles. The van der Waals surface area contributed by atoms with Gasteiger partial charge in [0.25, 0.3) is 5.91 Å². The number of fused-ring (bicyclic) bond motifs is 1. The molecule has 1 saturated heterocycles. The van der Waals surface area contributed by atoms with Crippen molar-refractivity contribution < 1.29 is 23.9 Å². The Morgan fingerprint density at radius 1 is 1.11 bits per heavy atom. The summed E-state index contributed by atoms with van der Waals surface area (Å²) in [5.41, 5.74) is 0.668. The van der Waals surface area contributed by atoms with E-state index in [0.717, 1.165) is 17.7 Å². The molecular weight excluding hydrogens is 407 g/mol. The van der Waals surface area contributed by atoms with Gasteiger partial charge in [0.1, 0.15) is 6.54 Å². The lowest BCUT2D eigenvalue weighted by atomic mass is 9.81. The Balaban J connectivity index is 1.44. The molecule has 1 aliphatic heterocycles. The smallest absolute Gasteiger partial charge is 0.326 e. The summed E-state index contributed by atoms with van der Waals surface area (Å²) in [5.74, 6) is -2.57. The van der Waals surface area contributed by atoms with Gasteiger partial charge in [0.2, 0.25) is 11.8 Å². The van der Waals surface area contributed by atoms with Crippen LogP contribution in [0.25, 0.3) is 0 Å². The van der Waals surface area contributed by atoms with Crippen LogP contribution in [0.15, 0.2) is 18.2 Å². The largest absolute Gasteiger partial charge is 0.454 e. The fourth-order valence-corrected chi connectivity index (χ4v) is 4.09. The molecule has 2 aliphatic rings. The van der Waals surface area contributed by atoms with Crippen molar-refractivity contribution in [1.29, 1.82) is 0 Å². The van der Waals surface area contributed by atoms with E-state index in [4.69, 9.17) is 27.9 Å². The van der Waals surface area contributed by atoms with Crippen molar-refractivity contribution in [2.24, 2.45) is 11.8 Å². The van der Waals surface area contributed by atoms with Gasteiger partial charge < -0.3 is 10.1 Å². The Hall–Kier alpha value is -2.12. The molecule has 0 bridgehead atoms. The number of likely N-dealkylation sites (tertiary alicyclic amines) is 1. The number of esters is 1. The van der Waals surface area contributed by atoms with Crippen LogP contribution in [0.2, 0.25) is 10.0 Å². The Kier molecular flexibility index (Phi) is 6.57. The first-order chi connectivity index (χ1) is 13.4. The van der Waals surface area contributed by atoms with E-state index in [2.05, 4.69) is 5.32 Å². The summed E-state index contributed by atoms with van der Waals surface area (Å²) < 4.78 is 4.90. The van der Waals surface area contributed by atoms with Crippen LogP contribution in [0.5, 0.6) is 0 Å². The lowest BCUT2D eigenvalue weighted by Crippen LogP contribution is -2.38. The van der Waals surface area contributed by atoms with Gasteiger partial charge in [-0.25, -0.2) is 0 Å². The number of rotatable bonds is 6. The third-order valence-electron chi connectivity index (χ3n) is 5.07. The molecule has 2 atom stereocenters. The number of halogens is 2. The number of hydrogen-bond acceptors (Lipinski definition) is 5. The highest BCUT2D eigenvalue weighted by Crippen LogP contribution is 2.37. The second-order valence-corrected chi connectivity index (χ2v) is 7.78. The molecule has 9 heteroatoms. The number of carbonyl (C=O) groups excluding carboxylic acids is 4. The molecule has 1 saturated carbocycles. The Labute approximate surface area is 172 Å². The van der Waals surface area contributed by atoms with Gasteiger partial charge in [-0.1, -0.05) is 42.1 Å². The minimum absolute atomic E-state index is 0.152. The van der Waals surface area contributed by atoms with Gasteiger partial charge >= 0.3 is 5.97 Å². The van der Waals surface area contributed by atoms with Gasteiger partial charge in [-0.2, -0.15) is 0 Å². The van der Waals surface area contributed by atoms with Gasteiger partial charge in [-0.05, 0) is 30.5 Å². The molecule has 150 valence electrons. The van der Waals surface area contributed by atoms with E-state index in [9.17, 15) is 19.2 Å². The van der Waals surface area contributed by atoms with Gasteiger partial charge in [0.15, 0.2) is 6.61 Å². The maximum absolute atomic E-state index is 12.3. The summed E-state index contributed by atoms with van der Waals surface area (Å²) in [7, 11) is 0. The number of nitrogens with zero attached hydrogens (tertiary/aromatic N) is 1. The molecule has 2 fully saturated rings. The molecule has 7 nitrogen and oxygen atoms in total. The van der Waals surface area contributed by atoms with Crippen molar-refractivity contribution in [1.82, 2.24) is 10.2 Å². The van der Waals surface area contributed by atoms with Crippen LogP contribution in [-0.4, -0.2) is 41.7 Å². The molecule has 0 radical (unpaired) electrons. The Morgan fingerprint density at radius 3 is 2.36 bits per heavy atom. The van der Waals surface area contributed by atoms with Crippen molar-refractivity contribution in [2.75, 3.05) is 13.2 Å². The third kappa shape index (κ3) is 4.64. The van der Waals surface area contributed by atoms with E-state index in [1.807, 2.05) is 0 Å². The monoisotopic (exact) mass is 426 g/mol. The lowest BCUT2D eigenvalue weighted by Gasteiger charge is -2.19. The van der Waals surface area contributed by atoms with E-state index in [-0.39, 0.29) is 30.2 Å². The van der Waals surface area contributed by atoms with Gasteiger partial charge in [0, 0.05) is 16.6 Å². The summed E-state index contributed by atoms with van der Waals surface area (Å²) in [6, 6.07) is 4.89. The zero-order chi connectivity index (χ0) is 20.3. The highest BCUT2D eigenvalue weighted by Gasteiger charge is 2.48. The Bertz CT molecular complexity index is 790. The normalized spacial score (nSPS) is 21.4. The first kappa shape index (κ1) is 20.6. The van der Waals surface area contributed by atoms with Gasteiger partial charge in [0.05, 0.1) is 11.8 Å². The van der Waals surface area contributed by atoms with E-state index < -0.39 is 25.0 Å². The first-order valence-electron chi connectivity index (χ1n) is 9.08. The van der Waals surface area contributed by atoms with Crippen LogP contribution in [0.1, 0.15) is 31.2 Å². The second kappa shape index (κ2) is 8.92. The average Bonchev–Trinajstić information content (AvgIpc) is 2.91. The van der Waals surface area contributed by atoms with E-state index >= 15 is 0 Å². The molecule has 1 aromatic carbocycles. The predicted molar refractivity (Wildman–Crippen MR) is 101 cm³/mol. The number of hydrogen-bond donors (Lipinski definition) is 1. The molecule has 1 aromatic rings. The summed E-state index contributed by atoms with van der Waals surface area (Å²) in [6.45, 7) is -0.813. The maximum Gasteiger partial charge on any atom is 0.326 e. The van der Waals surface area contributed by atoms with Gasteiger partial charge in [-0.15, -0.1) is 0 Å². The minimum Gasteiger partial charge on any atom is -0.454 e. The van der Waals surface area contributed by atoms with Crippen molar-refractivity contribution in [2.45, 2.75) is 32.2 Å². The lowest BCUT2D eigenvalue weighted by molar-refractivity contribution is -0.154. The summed E-state index contributed by atoms with van der Waals surface area (Å²) in [6.07, 6.45) is 3.18. The second-order valence-electron chi connectivity index (χ2n) is 6.93. The number of nitrogens with one attached hydrogen (secondary N) is 1. The predicted octanol–water partition coefficient (Wildman–Crippen LogP) is 2.33. The first-order valence-corrected chi connectivity index (χ1v) is 9.84. The number of carbonyl (C=O) groups is 4. The highest BCUT2D eigenvalue weighted by molar-refractivity contribution is 6.35. The molecule has 3 rings (SSSR count). The molecular formula is C19H20Cl2N2O5. The number of benzene rings is 1. The zero-order valence-corrected chi connectivity index (χ0v) is 16.6. The van der Waals surface area contributed by atoms with Crippen LogP contribution < -0.4 is 5.32 Å². The maximum atomic E-state index is 12.3. The topological polar surface area (TPSA) is 92.8 Å². The van der Waals surface area contributed by atoms with E-state index in [0.29, 0.717) is 28.5 Å². The average molecular weight is 427 g/mol. The summed E-state index contributed by atoms with van der Waals surface area (Å²) in [5, 5.41) is 3.48. The SMILES string of the molecule is O=C(COC(=O)CN1C(=O)[C@H]2CCCC[C@@H]2C1=O)NCc1ccc(Cl)cc1Cl. The van der Waals surface area contributed by atoms with Crippen LogP contribution in [0.3, 0.4) is 0 Å². The Morgan fingerprint density at radius 2 is 1.75 bits per heavy atom. The zero-order valence-electron chi connectivity index (χ0n) is 15.1. The number of ether oxygens (including phenoxy) is 1. The minimum atomic E-state index is -0.792. The molecule has 3 amide bonds. The molecule has 1 aliphatic carbocycles. The molecule has 28 heavy (non-hydrogen) atoms. The van der Waals surface area contributed by atoms with Crippen molar-refractivity contribution in [3.8, 4) is 0 Å². The van der Waals surface area contributed by atoms with Crippen molar-refractivity contribution in [3.05, 3.63) is 33.8 Å². The number of amides is 3. The van der Waals surface area contributed by atoms with Crippen molar-refractivity contribution >= 4 is 46.9 Å².